The molecule has 0 saturated heterocycles. The molecular formula is C12H20N4O. The average Bonchev–Trinajstić information content (AvgIpc) is 2.92. The molecule has 1 unspecified atom stereocenters. The van der Waals surface area contributed by atoms with Crippen molar-refractivity contribution in [3.05, 3.63) is 11.6 Å². The summed E-state index contributed by atoms with van der Waals surface area (Å²) in [6.45, 7) is 6.06. The van der Waals surface area contributed by atoms with Gasteiger partial charge in [0.15, 0.2) is 0 Å². The summed E-state index contributed by atoms with van der Waals surface area (Å²) in [6.07, 6.45) is 3.67. The van der Waals surface area contributed by atoms with Crippen LogP contribution in [0.4, 0.5) is 0 Å². The van der Waals surface area contributed by atoms with E-state index in [0.717, 1.165) is 18.2 Å². The molecule has 5 heteroatoms. The second-order valence-corrected chi connectivity index (χ2v) is 5.25. The number of nitrogens with one attached hydrogen (secondary N) is 2. The number of H-pyrrole nitrogens is 1. The lowest BCUT2D eigenvalue weighted by atomic mass is 10.1. The zero-order valence-corrected chi connectivity index (χ0v) is 10.7. The van der Waals surface area contributed by atoms with Crippen LogP contribution in [0.25, 0.3) is 0 Å². The van der Waals surface area contributed by atoms with Crippen LogP contribution in [0.5, 0.6) is 0 Å². The molecule has 0 aromatic carbocycles. The van der Waals surface area contributed by atoms with Gasteiger partial charge in [-0.1, -0.05) is 26.7 Å². The molecular weight excluding hydrogens is 216 g/mol. The van der Waals surface area contributed by atoms with Crippen LogP contribution in [0.15, 0.2) is 0 Å². The summed E-state index contributed by atoms with van der Waals surface area (Å²) < 4.78 is 0. The van der Waals surface area contributed by atoms with Crippen molar-refractivity contribution < 1.29 is 4.79 Å². The molecule has 1 aromatic rings. The molecule has 0 aliphatic heterocycles. The minimum atomic E-state index is -0.179. The molecule has 0 spiro atoms. The van der Waals surface area contributed by atoms with Gasteiger partial charge in [0.25, 0.3) is 5.91 Å². The van der Waals surface area contributed by atoms with E-state index in [-0.39, 0.29) is 23.7 Å². The van der Waals surface area contributed by atoms with Crippen LogP contribution in [-0.2, 0) is 0 Å². The number of rotatable bonds is 5. The van der Waals surface area contributed by atoms with E-state index in [1.165, 1.54) is 12.8 Å². The highest BCUT2D eigenvalue weighted by molar-refractivity contribution is 5.90. The van der Waals surface area contributed by atoms with Crippen molar-refractivity contribution in [2.75, 3.05) is 0 Å². The van der Waals surface area contributed by atoms with Gasteiger partial charge in [-0.25, -0.2) is 4.98 Å². The normalized spacial score (nSPS) is 17.2. The number of carbonyl (C=O) groups is 1. The highest BCUT2D eigenvalue weighted by Gasteiger charge is 2.25. The van der Waals surface area contributed by atoms with E-state index in [0.29, 0.717) is 0 Å². The number of aromatic amines is 1. The predicted octanol–water partition coefficient (Wildman–Crippen LogP) is 1.85. The molecule has 1 amide bonds. The van der Waals surface area contributed by atoms with E-state index in [2.05, 4.69) is 20.5 Å². The van der Waals surface area contributed by atoms with Crippen LogP contribution in [0.2, 0.25) is 0 Å². The third kappa shape index (κ3) is 3.28. The van der Waals surface area contributed by atoms with Crippen molar-refractivity contribution in [2.24, 2.45) is 5.92 Å². The van der Waals surface area contributed by atoms with Gasteiger partial charge in [0, 0.05) is 12.0 Å². The first-order valence-electron chi connectivity index (χ1n) is 6.29. The Kier molecular flexibility index (Phi) is 3.45. The largest absolute Gasteiger partial charge is 0.347 e. The molecule has 1 atom stereocenters. The Bertz CT molecular complexity index is 395. The summed E-state index contributed by atoms with van der Waals surface area (Å²) in [7, 11) is 0. The first kappa shape index (κ1) is 12.1. The Morgan fingerprint density at radius 1 is 1.47 bits per heavy atom. The summed E-state index contributed by atoms with van der Waals surface area (Å²) in [5.74, 6) is 1.89. The fourth-order valence-electron chi connectivity index (χ4n) is 1.83. The minimum Gasteiger partial charge on any atom is -0.347 e. The Labute approximate surface area is 101 Å². The van der Waals surface area contributed by atoms with Gasteiger partial charge in [-0.15, -0.1) is 5.10 Å². The maximum Gasteiger partial charge on any atom is 0.291 e. The summed E-state index contributed by atoms with van der Waals surface area (Å²) in [4.78, 5) is 16.0. The van der Waals surface area contributed by atoms with Gasteiger partial charge in [-0.05, 0) is 19.3 Å². The van der Waals surface area contributed by atoms with Crippen molar-refractivity contribution in [1.82, 2.24) is 20.5 Å². The smallest absolute Gasteiger partial charge is 0.291 e. The first-order chi connectivity index (χ1) is 8.06. The molecule has 94 valence electrons. The molecule has 1 aliphatic rings. The molecule has 1 fully saturated rings. The number of nitrogens with zero attached hydrogens (tertiary/aromatic N) is 2. The summed E-state index contributed by atoms with van der Waals surface area (Å²) in [5.41, 5.74) is 0. The fourth-order valence-corrected chi connectivity index (χ4v) is 1.83. The quantitative estimate of drug-likeness (QED) is 0.819. The monoisotopic (exact) mass is 236 g/mol. The molecule has 5 nitrogen and oxygen atoms in total. The van der Waals surface area contributed by atoms with Crippen LogP contribution in [0.1, 0.15) is 62.4 Å². The van der Waals surface area contributed by atoms with Crippen LogP contribution < -0.4 is 5.32 Å². The molecule has 2 N–H and O–H groups in total. The second-order valence-electron chi connectivity index (χ2n) is 5.25. The Balaban J connectivity index is 1.88. The summed E-state index contributed by atoms with van der Waals surface area (Å²) >= 11 is 0. The summed E-state index contributed by atoms with van der Waals surface area (Å²) in [5, 5.41) is 9.66. The fraction of sp³-hybridized carbons (Fsp3) is 0.750. The molecule has 0 bridgehead atoms. The molecule has 2 rings (SSSR count). The first-order valence-corrected chi connectivity index (χ1v) is 6.29. The van der Waals surface area contributed by atoms with Gasteiger partial charge < -0.3 is 5.32 Å². The Morgan fingerprint density at radius 3 is 2.71 bits per heavy atom. The Hall–Kier alpha value is -1.39. The van der Waals surface area contributed by atoms with Gasteiger partial charge >= 0.3 is 0 Å². The van der Waals surface area contributed by atoms with Gasteiger partial charge in [-0.2, -0.15) is 0 Å². The van der Waals surface area contributed by atoms with Crippen LogP contribution in [0, 0.1) is 5.92 Å². The maximum absolute atomic E-state index is 11.8. The zero-order valence-electron chi connectivity index (χ0n) is 10.7. The van der Waals surface area contributed by atoms with Gasteiger partial charge in [0.1, 0.15) is 5.82 Å². The predicted molar refractivity (Wildman–Crippen MR) is 64.7 cm³/mol. The van der Waals surface area contributed by atoms with E-state index < -0.39 is 0 Å². The van der Waals surface area contributed by atoms with Gasteiger partial charge in [0.05, 0.1) is 0 Å². The number of amides is 1. The van der Waals surface area contributed by atoms with Crippen molar-refractivity contribution in [3.8, 4) is 0 Å². The molecule has 1 saturated carbocycles. The van der Waals surface area contributed by atoms with Gasteiger partial charge in [0.2, 0.25) is 5.82 Å². The molecule has 1 aromatic heterocycles. The van der Waals surface area contributed by atoms with Gasteiger partial charge in [-0.3, -0.25) is 9.89 Å². The van der Waals surface area contributed by atoms with E-state index in [4.69, 9.17) is 0 Å². The number of aromatic nitrogens is 3. The highest BCUT2D eigenvalue weighted by Crippen LogP contribution is 2.33. The molecule has 1 aliphatic carbocycles. The number of carbonyl (C=O) groups excluding carboxylic acids is 1. The molecule has 17 heavy (non-hydrogen) atoms. The van der Waals surface area contributed by atoms with Crippen LogP contribution in [-0.4, -0.2) is 27.1 Å². The highest BCUT2D eigenvalue weighted by atomic mass is 16.2. The molecule has 0 radical (unpaired) electrons. The second kappa shape index (κ2) is 4.85. The molecule has 1 heterocycles. The third-order valence-corrected chi connectivity index (χ3v) is 3.01. The van der Waals surface area contributed by atoms with E-state index >= 15 is 0 Å². The standard InChI is InChI=1S/C12H20N4O/c1-7(2)10-14-11(16-15-10)12(17)13-8(3)6-9-4-5-9/h7-9H,4-6H2,1-3H3,(H,13,17)(H,14,15,16). The zero-order chi connectivity index (χ0) is 12.4. The van der Waals surface area contributed by atoms with Crippen molar-refractivity contribution in [1.29, 1.82) is 0 Å². The van der Waals surface area contributed by atoms with E-state index in [1.54, 1.807) is 0 Å². The topological polar surface area (TPSA) is 70.7 Å². The Morgan fingerprint density at radius 2 is 2.18 bits per heavy atom. The van der Waals surface area contributed by atoms with E-state index in [1.807, 2.05) is 20.8 Å². The lowest BCUT2D eigenvalue weighted by molar-refractivity contribution is 0.0927. The lowest BCUT2D eigenvalue weighted by Gasteiger charge is -2.11. The van der Waals surface area contributed by atoms with Crippen molar-refractivity contribution in [3.63, 3.8) is 0 Å². The number of hydrogen-bond donors (Lipinski definition) is 2. The number of hydrogen-bond acceptors (Lipinski definition) is 3. The van der Waals surface area contributed by atoms with Crippen LogP contribution >= 0.6 is 0 Å². The maximum atomic E-state index is 11.8. The lowest BCUT2D eigenvalue weighted by Crippen LogP contribution is -2.33. The SMILES string of the molecule is CC(CC1CC1)NC(=O)c1n[nH]c(C(C)C)n1. The summed E-state index contributed by atoms with van der Waals surface area (Å²) in [6, 6.07) is 0.205. The van der Waals surface area contributed by atoms with Crippen molar-refractivity contribution >= 4 is 5.91 Å². The third-order valence-electron chi connectivity index (χ3n) is 3.01. The van der Waals surface area contributed by atoms with Crippen molar-refractivity contribution in [2.45, 2.75) is 52.0 Å². The average molecular weight is 236 g/mol. The van der Waals surface area contributed by atoms with Crippen LogP contribution in [0.3, 0.4) is 0 Å². The minimum absolute atomic E-state index is 0.179. The van der Waals surface area contributed by atoms with E-state index in [9.17, 15) is 4.79 Å².